The fraction of sp³-hybridized carbons (Fsp3) is 0.440. The molecule has 0 spiro atoms. The predicted molar refractivity (Wildman–Crippen MR) is 128 cm³/mol. The number of rotatable bonds is 5. The average molecular weight is 448 g/mol. The van der Waals surface area contributed by atoms with Crippen molar-refractivity contribution < 1.29 is 9.90 Å². The molecule has 2 fully saturated rings. The highest BCUT2D eigenvalue weighted by atomic mass is 16.4. The Morgan fingerprint density at radius 2 is 1.70 bits per heavy atom. The van der Waals surface area contributed by atoms with Crippen LogP contribution in [0.4, 0.5) is 17.3 Å². The number of anilines is 3. The van der Waals surface area contributed by atoms with Gasteiger partial charge < -0.3 is 15.3 Å². The van der Waals surface area contributed by atoms with E-state index in [-0.39, 0.29) is 17.5 Å². The molecule has 1 aliphatic carbocycles. The van der Waals surface area contributed by atoms with Crippen LogP contribution >= 0.6 is 0 Å². The fourth-order valence-corrected chi connectivity index (χ4v) is 5.06. The van der Waals surface area contributed by atoms with Crippen LogP contribution < -0.4 is 15.8 Å². The Bertz CT molecular complexity index is 1190. The van der Waals surface area contributed by atoms with Gasteiger partial charge in [-0.15, -0.1) is 0 Å². The molecule has 2 N–H and O–H groups in total. The highest BCUT2D eigenvalue weighted by molar-refractivity contribution is 5.76. The zero-order chi connectivity index (χ0) is 22.8. The van der Waals surface area contributed by atoms with E-state index < -0.39 is 5.97 Å². The van der Waals surface area contributed by atoms with Gasteiger partial charge in [0.2, 0.25) is 5.95 Å². The van der Waals surface area contributed by atoms with E-state index in [2.05, 4.69) is 15.2 Å². The summed E-state index contributed by atoms with van der Waals surface area (Å²) in [4.78, 5) is 35.3. The SMILES string of the molecule is O=C(O)C1CCN(c2ccc(Nc3ncc4ccc(=O)n(C5CCCCC5)c4n3)cc2)CC1. The number of carboxylic acid groups (broad SMARTS) is 1. The van der Waals surface area contributed by atoms with Gasteiger partial charge in [0.25, 0.3) is 5.56 Å². The van der Waals surface area contributed by atoms with Crippen molar-refractivity contribution in [1.29, 1.82) is 0 Å². The maximum atomic E-state index is 12.7. The number of carboxylic acids is 1. The molecule has 33 heavy (non-hydrogen) atoms. The van der Waals surface area contributed by atoms with Crippen molar-refractivity contribution in [3.05, 3.63) is 52.9 Å². The van der Waals surface area contributed by atoms with E-state index in [1.165, 1.54) is 6.42 Å². The van der Waals surface area contributed by atoms with Crippen molar-refractivity contribution in [3.8, 4) is 0 Å². The molecule has 2 aromatic heterocycles. The summed E-state index contributed by atoms with van der Waals surface area (Å²) < 4.78 is 1.85. The molecule has 0 amide bonds. The number of nitrogens with one attached hydrogen (secondary N) is 1. The minimum atomic E-state index is -0.696. The first kappa shape index (κ1) is 21.4. The lowest BCUT2D eigenvalue weighted by Gasteiger charge is -2.32. The monoisotopic (exact) mass is 447 g/mol. The van der Waals surface area contributed by atoms with Gasteiger partial charge in [-0.3, -0.25) is 14.2 Å². The van der Waals surface area contributed by atoms with E-state index in [0.717, 1.165) is 55.5 Å². The quantitative estimate of drug-likeness (QED) is 0.600. The molecular formula is C25H29N5O3. The van der Waals surface area contributed by atoms with Crippen LogP contribution in [0.1, 0.15) is 51.0 Å². The Labute approximate surface area is 192 Å². The largest absolute Gasteiger partial charge is 0.481 e. The van der Waals surface area contributed by atoms with Crippen LogP contribution in [-0.2, 0) is 4.79 Å². The third-order valence-electron chi connectivity index (χ3n) is 6.94. The molecule has 3 heterocycles. The molecule has 2 aliphatic rings. The molecule has 3 aromatic rings. The lowest BCUT2D eigenvalue weighted by Crippen LogP contribution is -2.36. The maximum absolute atomic E-state index is 12.7. The first-order chi connectivity index (χ1) is 16.1. The zero-order valence-corrected chi connectivity index (χ0v) is 18.6. The summed E-state index contributed by atoms with van der Waals surface area (Å²) in [5.41, 5.74) is 2.62. The lowest BCUT2D eigenvalue weighted by atomic mass is 9.95. The molecular weight excluding hydrogens is 418 g/mol. The van der Waals surface area contributed by atoms with Gasteiger partial charge in [-0.05, 0) is 56.0 Å². The van der Waals surface area contributed by atoms with Crippen LogP contribution in [0.2, 0.25) is 0 Å². The standard InChI is InChI=1S/C25H29N5O3/c31-22-11-6-18-16-26-25(28-23(18)30(22)21-4-2-1-3-5-21)27-19-7-9-20(10-8-19)29-14-12-17(13-15-29)24(32)33/h6-11,16-17,21H,1-5,12-15H2,(H,32,33)(H,26,27,28). The van der Waals surface area contributed by atoms with Crippen molar-refractivity contribution in [2.75, 3.05) is 23.3 Å². The number of piperidine rings is 1. The van der Waals surface area contributed by atoms with E-state index in [9.17, 15) is 14.7 Å². The molecule has 8 nitrogen and oxygen atoms in total. The van der Waals surface area contributed by atoms with E-state index in [4.69, 9.17) is 4.98 Å². The molecule has 1 saturated heterocycles. The second-order valence-corrected chi connectivity index (χ2v) is 9.08. The molecule has 0 bridgehead atoms. The summed E-state index contributed by atoms with van der Waals surface area (Å²) in [5, 5.41) is 13.3. The Balaban J connectivity index is 1.34. The van der Waals surface area contributed by atoms with Crippen molar-refractivity contribution >= 4 is 34.3 Å². The minimum absolute atomic E-state index is 0.00456. The third-order valence-corrected chi connectivity index (χ3v) is 6.94. The Morgan fingerprint density at radius 3 is 2.39 bits per heavy atom. The fourth-order valence-electron chi connectivity index (χ4n) is 5.06. The Kier molecular flexibility index (Phi) is 5.98. The minimum Gasteiger partial charge on any atom is -0.481 e. The normalized spacial score (nSPS) is 17.9. The molecule has 8 heteroatoms. The summed E-state index contributed by atoms with van der Waals surface area (Å²) in [5.74, 6) is -0.468. The van der Waals surface area contributed by atoms with Crippen molar-refractivity contribution in [2.24, 2.45) is 5.92 Å². The van der Waals surface area contributed by atoms with Gasteiger partial charge in [-0.2, -0.15) is 4.98 Å². The summed E-state index contributed by atoms with van der Waals surface area (Å²) in [6.45, 7) is 1.49. The number of aromatic nitrogens is 3. The predicted octanol–water partition coefficient (Wildman–Crippen LogP) is 4.34. The molecule has 5 rings (SSSR count). The molecule has 0 atom stereocenters. The zero-order valence-electron chi connectivity index (χ0n) is 18.6. The Morgan fingerprint density at radius 1 is 0.970 bits per heavy atom. The molecule has 1 aromatic carbocycles. The first-order valence-corrected chi connectivity index (χ1v) is 11.8. The van der Waals surface area contributed by atoms with E-state index in [0.29, 0.717) is 24.4 Å². The number of nitrogens with zero attached hydrogens (tertiary/aromatic N) is 4. The van der Waals surface area contributed by atoms with Crippen molar-refractivity contribution in [3.63, 3.8) is 0 Å². The third kappa shape index (κ3) is 4.55. The van der Waals surface area contributed by atoms with Gasteiger partial charge in [0.05, 0.1) is 5.92 Å². The molecule has 1 saturated carbocycles. The van der Waals surface area contributed by atoms with E-state index in [1.807, 2.05) is 28.8 Å². The summed E-state index contributed by atoms with van der Waals surface area (Å²) >= 11 is 0. The maximum Gasteiger partial charge on any atom is 0.306 e. The van der Waals surface area contributed by atoms with Gasteiger partial charge in [0.1, 0.15) is 5.65 Å². The van der Waals surface area contributed by atoms with Crippen molar-refractivity contribution in [1.82, 2.24) is 14.5 Å². The molecule has 0 unspecified atom stereocenters. The first-order valence-electron chi connectivity index (χ1n) is 11.8. The molecule has 0 radical (unpaired) electrons. The highest BCUT2D eigenvalue weighted by Crippen LogP contribution is 2.29. The number of hydrogen-bond donors (Lipinski definition) is 2. The second-order valence-electron chi connectivity index (χ2n) is 9.08. The van der Waals surface area contributed by atoms with Crippen LogP contribution in [0.15, 0.2) is 47.4 Å². The average Bonchev–Trinajstić information content (AvgIpc) is 2.85. The van der Waals surface area contributed by atoms with Crippen LogP contribution in [0.25, 0.3) is 11.0 Å². The van der Waals surface area contributed by atoms with Crippen LogP contribution in [0, 0.1) is 5.92 Å². The lowest BCUT2D eigenvalue weighted by molar-refractivity contribution is -0.142. The number of fused-ring (bicyclic) bond motifs is 1. The Hall–Kier alpha value is -3.42. The topological polar surface area (TPSA) is 100 Å². The van der Waals surface area contributed by atoms with Gasteiger partial charge in [-0.25, -0.2) is 4.98 Å². The summed E-state index contributed by atoms with van der Waals surface area (Å²) in [6.07, 6.45) is 8.64. The van der Waals surface area contributed by atoms with Gasteiger partial charge in [-0.1, -0.05) is 19.3 Å². The molecule has 1 aliphatic heterocycles. The number of aliphatic carboxylic acids is 1. The summed E-state index contributed by atoms with van der Waals surface area (Å²) in [6, 6.07) is 11.6. The van der Waals surface area contributed by atoms with E-state index >= 15 is 0 Å². The van der Waals surface area contributed by atoms with Gasteiger partial charge >= 0.3 is 5.97 Å². The number of carbonyl (C=O) groups is 1. The highest BCUT2D eigenvalue weighted by Gasteiger charge is 2.24. The smallest absolute Gasteiger partial charge is 0.306 e. The van der Waals surface area contributed by atoms with Crippen LogP contribution in [0.5, 0.6) is 0 Å². The van der Waals surface area contributed by atoms with E-state index in [1.54, 1.807) is 18.3 Å². The van der Waals surface area contributed by atoms with Gasteiger partial charge in [0.15, 0.2) is 0 Å². The van der Waals surface area contributed by atoms with Crippen LogP contribution in [-0.4, -0.2) is 38.7 Å². The summed E-state index contributed by atoms with van der Waals surface area (Å²) in [7, 11) is 0. The number of hydrogen-bond acceptors (Lipinski definition) is 6. The van der Waals surface area contributed by atoms with Crippen LogP contribution in [0.3, 0.4) is 0 Å². The van der Waals surface area contributed by atoms with Gasteiger partial charge in [0, 0.05) is 48.2 Å². The number of pyridine rings is 1. The number of benzene rings is 1. The second kappa shape index (κ2) is 9.21. The van der Waals surface area contributed by atoms with Crippen molar-refractivity contribution in [2.45, 2.75) is 51.0 Å². The molecule has 172 valence electrons.